The first-order valence-corrected chi connectivity index (χ1v) is 7.79. The van der Waals surface area contributed by atoms with Gasteiger partial charge in [-0.25, -0.2) is 18.2 Å². The second-order valence-corrected chi connectivity index (χ2v) is 6.20. The molecule has 3 N–H and O–H groups in total. The summed E-state index contributed by atoms with van der Waals surface area (Å²) in [5, 5.41) is 3.21. The van der Waals surface area contributed by atoms with Gasteiger partial charge in [0.15, 0.2) is 23.4 Å². The summed E-state index contributed by atoms with van der Waals surface area (Å²) in [5.41, 5.74) is 6.34. The molecule has 0 bridgehead atoms. The Kier molecular flexibility index (Phi) is 6.16. The first-order valence-electron chi connectivity index (χ1n) is 7.79. The molecule has 0 saturated heterocycles. The largest absolute Gasteiger partial charge is 0.370 e. The van der Waals surface area contributed by atoms with Gasteiger partial charge in [0, 0.05) is 12.0 Å². The molecule has 2 aliphatic carbocycles. The van der Waals surface area contributed by atoms with Crippen molar-refractivity contribution in [1.29, 1.82) is 0 Å². The fourth-order valence-corrected chi connectivity index (χ4v) is 3.14. The highest BCUT2D eigenvalue weighted by molar-refractivity contribution is 14.0. The van der Waals surface area contributed by atoms with E-state index in [1.807, 2.05) is 0 Å². The zero-order chi connectivity index (χ0) is 15.7. The average molecular weight is 439 g/mol. The van der Waals surface area contributed by atoms with E-state index in [-0.39, 0.29) is 35.9 Å². The number of hydrogen-bond acceptors (Lipinski definition) is 1. The lowest BCUT2D eigenvalue weighted by Gasteiger charge is -2.23. The Morgan fingerprint density at radius 2 is 1.70 bits per heavy atom. The topological polar surface area (TPSA) is 50.4 Å². The molecule has 7 heteroatoms. The third kappa shape index (κ3) is 4.51. The summed E-state index contributed by atoms with van der Waals surface area (Å²) in [6.07, 6.45) is 6.53. The van der Waals surface area contributed by atoms with E-state index in [4.69, 9.17) is 5.73 Å². The first-order chi connectivity index (χ1) is 10.5. The molecular weight excluding hydrogens is 418 g/mol. The third-order valence-corrected chi connectivity index (χ3v) is 4.45. The number of benzene rings is 1. The van der Waals surface area contributed by atoms with Gasteiger partial charge in [-0.05, 0) is 37.0 Å². The fraction of sp³-hybridized carbons (Fsp3) is 0.562. The number of rotatable bonds is 3. The van der Waals surface area contributed by atoms with Crippen LogP contribution in [0.25, 0.3) is 0 Å². The molecule has 3 rings (SSSR count). The summed E-state index contributed by atoms with van der Waals surface area (Å²) in [7, 11) is 0. The van der Waals surface area contributed by atoms with E-state index in [9.17, 15) is 13.2 Å². The molecule has 2 atom stereocenters. The van der Waals surface area contributed by atoms with Crippen molar-refractivity contribution in [1.82, 2.24) is 5.32 Å². The molecule has 0 unspecified atom stereocenters. The van der Waals surface area contributed by atoms with E-state index in [2.05, 4.69) is 10.3 Å². The molecule has 1 aromatic carbocycles. The van der Waals surface area contributed by atoms with E-state index in [0.717, 1.165) is 25.0 Å². The second kappa shape index (κ2) is 7.72. The Hall–Kier alpha value is -0.990. The highest BCUT2D eigenvalue weighted by Crippen LogP contribution is 2.44. The first kappa shape index (κ1) is 18.4. The van der Waals surface area contributed by atoms with Crippen LogP contribution in [0.5, 0.6) is 0 Å². The summed E-state index contributed by atoms with van der Waals surface area (Å²) in [5.74, 6) is -3.43. The minimum absolute atomic E-state index is 0. The quantitative estimate of drug-likeness (QED) is 0.326. The molecule has 0 aromatic heterocycles. The minimum atomic E-state index is -1.43. The fourth-order valence-electron chi connectivity index (χ4n) is 3.14. The summed E-state index contributed by atoms with van der Waals surface area (Å²) in [6.45, 7) is 0. The van der Waals surface area contributed by atoms with E-state index in [1.165, 1.54) is 19.3 Å². The number of nitrogens with zero attached hydrogens (tertiary/aromatic N) is 1. The standard InChI is InChI=1S/C16H20F3N3.HI/c17-12-6-9(7-13(18)15(12)19)11-8-14(11)22-16(20)21-10-4-2-1-3-5-10;/h6-7,10-11,14H,1-5,8H2,(H3,20,21,22);1H/t11-,14+;/m0./s1. The SMILES string of the molecule is I.NC(=N[C@@H]1C[C@H]1c1cc(F)c(F)c(F)c1)NC1CCCCC1. The molecule has 1 aromatic rings. The van der Waals surface area contributed by atoms with Crippen molar-refractivity contribution in [2.24, 2.45) is 10.7 Å². The van der Waals surface area contributed by atoms with E-state index < -0.39 is 17.5 Å². The van der Waals surface area contributed by atoms with Crippen LogP contribution in [0.2, 0.25) is 0 Å². The van der Waals surface area contributed by atoms with Crippen molar-refractivity contribution in [3.63, 3.8) is 0 Å². The van der Waals surface area contributed by atoms with Crippen molar-refractivity contribution in [3.05, 3.63) is 35.1 Å². The van der Waals surface area contributed by atoms with Gasteiger partial charge in [-0.1, -0.05) is 19.3 Å². The van der Waals surface area contributed by atoms with Crippen LogP contribution >= 0.6 is 24.0 Å². The van der Waals surface area contributed by atoms with Crippen LogP contribution < -0.4 is 11.1 Å². The summed E-state index contributed by atoms with van der Waals surface area (Å²) in [6, 6.07) is 2.38. The van der Waals surface area contributed by atoms with Gasteiger partial charge >= 0.3 is 0 Å². The number of nitrogens with two attached hydrogens (primary N) is 1. The zero-order valence-corrected chi connectivity index (χ0v) is 15.0. The van der Waals surface area contributed by atoms with Crippen LogP contribution in [0.15, 0.2) is 17.1 Å². The van der Waals surface area contributed by atoms with Crippen LogP contribution in [-0.2, 0) is 0 Å². The lowest BCUT2D eigenvalue weighted by Crippen LogP contribution is -2.41. The Labute approximate surface area is 150 Å². The number of guanidine groups is 1. The molecule has 0 heterocycles. The predicted molar refractivity (Wildman–Crippen MR) is 94.5 cm³/mol. The van der Waals surface area contributed by atoms with E-state index >= 15 is 0 Å². The predicted octanol–water partition coefficient (Wildman–Crippen LogP) is 3.81. The Balaban J connectivity index is 0.00000192. The lowest BCUT2D eigenvalue weighted by atomic mass is 9.96. The normalized spacial score (nSPS) is 24.9. The van der Waals surface area contributed by atoms with Gasteiger partial charge in [0.05, 0.1) is 6.04 Å². The molecule has 2 aliphatic rings. The van der Waals surface area contributed by atoms with E-state index in [0.29, 0.717) is 24.0 Å². The smallest absolute Gasteiger partial charge is 0.194 e. The minimum Gasteiger partial charge on any atom is -0.370 e. The number of halogens is 4. The van der Waals surface area contributed by atoms with Gasteiger partial charge in [-0.15, -0.1) is 24.0 Å². The average Bonchev–Trinajstić information content (AvgIpc) is 3.24. The van der Waals surface area contributed by atoms with Crippen molar-refractivity contribution in [3.8, 4) is 0 Å². The summed E-state index contributed by atoms with van der Waals surface area (Å²) >= 11 is 0. The molecule has 0 amide bonds. The summed E-state index contributed by atoms with van der Waals surface area (Å²) in [4.78, 5) is 4.37. The maximum Gasteiger partial charge on any atom is 0.194 e. The van der Waals surface area contributed by atoms with Crippen molar-refractivity contribution < 1.29 is 13.2 Å². The number of aliphatic imine (C=N–C) groups is 1. The van der Waals surface area contributed by atoms with Crippen molar-refractivity contribution in [2.75, 3.05) is 0 Å². The highest BCUT2D eigenvalue weighted by Gasteiger charge is 2.39. The van der Waals surface area contributed by atoms with E-state index in [1.54, 1.807) is 0 Å². The second-order valence-electron chi connectivity index (χ2n) is 6.20. The van der Waals surface area contributed by atoms with Crippen molar-refractivity contribution >= 4 is 29.9 Å². The van der Waals surface area contributed by atoms with Gasteiger partial charge in [-0.2, -0.15) is 0 Å². The Bertz CT molecular complexity index is 565. The van der Waals surface area contributed by atoms with Crippen LogP contribution in [0.1, 0.15) is 50.0 Å². The Morgan fingerprint density at radius 1 is 1.09 bits per heavy atom. The van der Waals surface area contributed by atoms with Crippen LogP contribution in [0, 0.1) is 17.5 Å². The molecule has 0 aliphatic heterocycles. The molecule has 0 radical (unpaired) electrons. The molecule has 23 heavy (non-hydrogen) atoms. The zero-order valence-electron chi connectivity index (χ0n) is 12.7. The van der Waals surface area contributed by atoms with Crippen LogP contribution in [-0.4, -0.2) is 18.0 Å². The molecular formula is C16H21F3IN3. The van der Waals surface area contributed by atoms with Crippen LogP contribution in [0.3, 0.4) is 0 Å². The molecule has 2 fully saturated rings. The maximum absolute atomic E-state index is 13.2. The molecule has 3 nitrogen and oxygen atoms in total. The maximum atomic E-state index is 13.2. The van der Waals surface area contributed by atoms with Gasteiger partial charge in [0.2, 0.25) is 0 Å². The van der Waals surface area contributed by atoms with Gasteiger partial charge in [0.1, 0.15) is 0 Å². The lowest BCUT2D eigenvalue weighted by molar-refractivity contribution is 0.412. The number of nitrogens with one attached hydrogen (secondary N) is 1. The van der Waals surface area contributed by atoms with Gasteiger partial charge in [-0.3, -0.25) is 0 Å². The van der Waals surface area contributed by atoms with Gasteiger partial charge < -0.3 is 11.1 Å². The third-order valence-electron chi connectivity index (χ3n) is 4.45. The molecule has 0 spiro atoms. The summed E-state index contributed by atoms with van der Waals surface area (Å²) < 4.78 is 39.4. The Morgan fingerprint density at radius 3 is 2.30 bits per heavy atom. The highest BCUT2D eigenvalue weighted by atomic mass is 127. The van der Waals surface area contributed by atoms with Crippen LogP contribution in [0.4, 0.5) is 13.2 Å². The van der Waals surface area contributed by atoms with Crippen molar-refractivity contribution in [2.45, 2.75) is 56.5 Å². The molecule has 128 valence electrons. The monoisotopic (exact) mass is 439 g/mol. The molecule has 2 saturated carbocycles. The number of hydrogen-bond donors (Lipinski definition) is 2. The van der Waals surface area contributed by atoms with Gasteiger partial charge in [0.25, 0.3) is 0 Å².